The van der Waals surface area contributed by atoms with Crippen LogP contribution >= 0.6 is 11.8 Å². The van der Waals surface area contributed by atoms with Crippen molar-refractivity contribution in [1.82, 2.24) is 20.1 Å². The third-order valence-electron chi connectivity index (χ3n) is 4.05. The van der Waals surface area contributed by atoms with Gasteiger partial charge in [0, 0.05) is 25.6 Å². The molecule has 0 saturated carbocycles. The predicted molar refractivity (Wildman–Crippen MR) is 101 cm³/mol. The van der Waals surface area contributed by atoms with Crippen molar-refractivity contribution >= 4 is 17.7 Å². The molecule has 2 N–H and O–H groups in total. The number of nitrogens with zero attached hydrogens (tertiary/aromatic N) is 3. The molecule has 0 fully saturated rings. The maximum atomic E-state index is 11.0. The molecule has 6 nitrogen and oxygen atoms in total. The molecule has 0 aliphatic heterocycles. The number of rotatable bonds is 9. The van der Waals surface area contributed by atoms with Gasteiger partial charge in [0.1, 0.15) is 6.04 Å². The number of amides is 1. The molecule has 1 atom stereocenters. The van der Waals surface area contributed by atoms with Crippen molar-refractivity contribution in [2.24, 2.45) is 0 Å². The number of carbonyl (C=O) groups excluding carboxylic acids is 1. The summed E-state index contributed by atoms with van der Waals surface area (Å²) >= 11 is 1.63. The lowest BCUT2D eigenvalue weighted by Crippen LogP contribution is -3.06. The van der Waals surface area contributed by atoms with E-state index in [1.165, 1.54) is 17.4 Å². The molecular formula is C18H28N5OS+. The Hall–Kier alpha value is -1.86. The molecule has 0 aliphatic rings. The van der Waals surface area contributed by atoms with Gasteiger partial charge in [0.2, 0.25) is 5.91 Å². The van der Waals surface area contributed by atoms with Crippen molar-refractivity contribution < 1.29 is 9.69 Å². The smallest absolute Gasteiger partial charge is 0.216 e. The number of carbonyl (C=O) groups is 1. The van der Waals surface area contributed by atoms with Crippen molar-refractivity contribution in [3.05, 3.63) is 41.7 Å². The molecule has 136 valence electrons. The van der Waals surface area contributed by atoms with Gasteiger partial charge in [-0.15, -0.1) is 10.2 Å². The quantitative estimate of drug-likeness (QED) is 0.519. The summed E-state index contributed by atoms with van der Waals surface area (Å²) in [5.74, 6) is 1.79. The van der Waals surface area contributed by atoms with E-state index in [1.807, 2.05) is 6.07 Å². The first-order chi connectivity index (χ1) is 12.0. The van der Waals surface area contributed by atoms with E-state index in [4.69, 9.17) is 0 Å². The van der Waals surface area contributed by atoms with Crippen molar-refractivity contribution in [1.29, 1.82) is 0 Å². The lowest BCUT2D eigenvalue weighted by molar-refractivity contribution is -0.893. The van der Waals surface area contributed by atoms with Crippen LogP contribution in [0.1, 0.15) is 37.7 Å². The van der Waals surface area contributed by atoms with Gasteiger partial charge in [-0.1, -0.05) is 49.0 Å². The minimum absolute atomic E-state index is 0.00528. The van der Waals surface area contributed by atoms with E-state index in [1.54, 1.807) is 11.8 Å². The number of thioether (sulfide) groups is 1. The van der Waals surface area contributed by atoms with E-state index in [0.717, 1.165) is 29.7 Å². The maximum absolute atomic E-state index is 11.0. The highest BCUT2D eigenvalue weighted by atomic mass is 32.2. The van der Waals surface area contributed by atoms with Gasteiger partial charge in [-0.05, 0) is 5.56 Å². The first-order valence-corrected chi connectivity index (χ1v) is 9.65. The normalized spacial score (nSPS) is 12.4. The van der Waals surface area contributed by atoms with Gasteiger partial charge in [-0.25, -0.2) is 0 Å². The minimum Gasteiger partial charge on any atom is -0.356 e. The van der Waals surface area contributed by atoms with Crippen molar-refractivity contribution in [2.75, 3.05) is 26.4 Å². The SMILES string of the molecule is CC[C@H](c1nnc(SCCNC(C)=O)n1Cc1ccccc1)[NH+](C)C. The van der Waals surface area contributed by atoms with Crippen LogP contribution in [0.15, 0.2) is 35.5 Å². The molecule has 0 spiro atoms. The maximum Gasteiger partial charge on any atom is 0.216 e. The monoisotopic (exact) mass is 362 g/mol. The second-order valence-electron chi connectivity index (χ2n) is 6.28. The number of hydrogen-bond donors (Lipinski definition) is 2. The molecule has 7 heteroatoms. The highest BCUT2D eigenvalue weighted by Gasteiger charge is 2.24. The zero-order valence-corrected chi connectivity index (χ0v) is 16.3. The summed E-state index contributed by atoms with van der Waals surface area (Å²) < 4.78 is 2.22. The molecule has 2 rings (SSSR count). The molecule has 1 aromatic heterocycles. The Morgan fingerprint density at radius 2 is 2.00 bits per heavy atom. The van der Waals surface area contributed by atoms with Gasteiger partial charge < -0.3 is 10.2 Å². The first kappa shape index (κ1) is 19.5. The average molecular weight is 363 g/mol. The van der Waals surface area contributed by atoms with Gasteiger partial charge in [-0.3, -0.25) is 9.36 Å². The zero-order valence-electron chi connectivity index (χ0n) is 15.5. The van der Waals surface area contributed by atoms with Crippen molar-refractivity contribution in [3.63, 3.8) is 0 Å². The van der Waals surface area contributed by atoms with Crippen LogP contribution in [0.3, 0.4) is 0 Å². The van der Waals surface area contributed by atoms with Crippen molar-refractivity contribution in [2.45, 2.75) is 38.0 Å². The third-order valence-corrected chi connectivity index (χ3v) is 5.02. The summed E-state index contributed by atoms with van der Waals surface area (Å²) in [4.78, 5) is 12.4. The number of aromatic nitrogens is 3. The van der Waals surface area contributed by atoms with Gasteiger partial charge in [0.05, 0.1) is 20.6 Å². The molecule has 1 heterocycles. The molecule has 0 unspecified atom stereocenters. The highest BCUT2D eigenvalue weighted by molar-refractivity contribution is 7.99. The Bertz CT molecular complexity index is 671. The van der Waals surface area contributed by atoms with E-state index < -0.39 is 0 Å². The van der Waals surface area contributed by atoms with E-state index >= 15 is 0 Å². The van der Waals surface area contributed by atoms with E-state index in [0.29, 0.717) is 12.6 Å². The van der Waals surface area contributed by atoms with Crippen LogP contribution in [0.2, 0.25) is 0 Å². The molecule has 0 aliphatic carbocycles. The molecular weight excluding hydrogens is 334 g/mol. The summed E-state index contributed by atoms with van der Waals surface area (Å²) in [5.41, 5.74) is 1.23. The molecule has 1 aromatic carbocycles. The Balaban J connectivity index is 2.22. The summed E-state index contributed by atoms with van der Waals surface area (Å²) in [6.07, 6.45) is 1.01. The van der Waals surface area contributed by atoms with Crippen LogP contribution in [-0.4, -0.2) is 47.1 Å². The Morgan fingerprint density at radius 1 is 1.28 bits per heavy atom. The Morgan fingerprint density at radius 3 is 2.60 bits per heavy atom. The van der Waals surface area contributed by atoms with Crippen LogP contribution in [-0.2, 0) is 11.3 Å². The van der Waals surface area contributed by atoms with Crippen LogP contribution in [0.5, 0.6) is 0 Å². The van der Waals surface area contributed by atoms with Gasteiger partial charge in [0.15, 0.2) is 11.0 Å². The second-order valence-corrected chi connectivity index (χ2v) is 7.34. The largest absolute Gasteiger partial charge is 0.356 e. The summed E-state index contributed by atoms with van der Waals surface area (Å²) in [6, 6.07) is 10.7. The van der Waals surface area contributed by atoms with Crippen molar-refractivity contribution in [3.8, 4) is 0 Å². The fraction of sp³-hybridized carbons (Fsp3) is 0.500. The summed E-state index contributed by atoms with van der Waals surface area (Å²) in [6.45, 7) is 5.11. The van der Waals surface area contributed by atoms with E-state index in [2.05, 4.69) is 65.4 Å². The highest BCUT2D eigenvalue weighted by Crippen LogP contribution is 2.22. The third kappa shape index (κ3) is 5.57. The standard InChI is InChI=1S/C18H27N5OS/c1-5-16(22(3)4)17-20-21-18(25-12-11-19-14(2)24)23(17)13-15-9-7-6-8-10-15/h6-10,16H,5,11-13H2,1-4H3,(H,19,24)/p+1/t16-/m1/s1. The fourth-order valence-corrected chi connectivity index (χ4v) is 3.60. The average Bonchev–Trinajstić information content (AvgIpc) is 2.95. The molecule has 1 amide bonds. The number of nitrogens with one attached hydrogen (secondary N) is 2. The molecule has 0 radical (unpaired) electrons. The number of quaternary nitrogens is 1. The molecule has 0 bridgehead atoms. The summed E-state index contributed by atoms with van der Waals surface area (Å²) in [5, 5.41) is 12.7. The van der Waals surface area contributed by atoms with E-state index in [9.17, 15) is 4.79 Å². The van der Waals surface area contributed by atoms with Crippen LogP contribution in [0.4, 0.5) is 0 Å². The lowest BCUT2D eigenvalue weighted by atomic mass is 10.2. The topological polar surface area (TPSA) is 64.2 Å². The zero-order chi connectivity index (χ0) is 18.2. The molecule has 2 aromatic rings. The van der Waals surface area contributed by atoms with Gasteiger partial charge >= 0.3 is 0 Å². The lowest BCUT2D eigenvalue weighted by Gasteiger charge is -2.20. The first-order valence-electron chi connectivity index (χ1n) is 8.67. The summed E-state index contributed by atoms with van der Waals surface area (Å²) in [7, 11) is 4.30. The minimum atomic E-state index is -0.00528. The van der Waals surface area contributed by atoms with Gasteiger partial charge in [0.25, 0.3) is 0 Å². The second kappa shape index (κ2) is 9.58. The number of benzene rings is 1. The molecule has 0 saturated heterocycles. The fourth-order valence-electron chi connectivity index (χ4n) is 2.80. The Kier molecular flexibility index (Phi) is 7.46. The van der Waals surface area contributed by atoms with Crippen LogP contribution < -0.4 is 10.2 Å². The van der Waals surface area contributed by atoms with Crippen LogP contribution in [0.25, 0.3) is 0 Å². The van der Waals surface area contributed by atoms with Gasteiger partial charge in [-0.2, -0.15) is 0 Å². The predicted octanol–water partition coefficient (Wildman–Crippen LogP) is 1.15. The Labute approximate surface area is 154 Å². The van der Waals surface area contributed by atoms with Crippen LogP contribution in [0, 0.1) is 0 Å². The molecule has 25 heavy (non-hydrogen) atoms. The van der Waals surface area contributed by atoms with E-state index in [-0.39, 0.29) is 5.91 Å². The number of hydrogen-bond acceptors (Lipinski definition) is 4.